The molecule has 0 aliphatic carbocycles. The van der Waals surface area contributed by atoms with E-state index < -0.39 is 0 Å². The van der Waals surface area contributed by atoms with Gasteiger partial charge in [-0.05, 0) is 30.9 Å². The smallest absolute Gasteiger partial charge is 0.126 e. The average molecular weight is 278 g/mol. The summed E-state index contributed by atoms with van der Waals surface area (Å²) >= 11 is 0. The minimum absolute atomic E-state index is 0.0752. The first-order valence-corrected chi connectivity index (χ1v) is 7.82. The summed E-state index contributed by atoms with van der Waals surface area (Å²) in [7, 11) is 0. The van der Waals surface area contributed by atoms with Crippen LogP contribution >= 0.6 is 0 Å². The third-order valence-corrected chi connectivity index (χ3v) is 4.69. The van der Waals surface area contributed by atoms with Gasteiger partial charge in [0.2, 0.25) is 0 Å². The van der Waals surface area contributed by atoms with Crippen molar-refractivity contribution in [2.75, 3.05) is 19.6 Å². The van der Waals surface area contributed by atoms with Gasteiger partial charge >= 0.3 is 0 Å². The van der Waals surface area contributed by atoms with Crippen molar-refractivity contribution in [3.8, 4) is 0 Å². The van der Waals surface area contributed by atoms with E-state index in [0.29, 0.717) is 18.0 Å². The molecule has 2 nitrogen and oxygen atoms in total. The molecule has 1 heterocycles. The first-order chi connectivity index (χ1) is 9.61. The highest BCUT2D eigenvalue weighted by atomic mass is 19.1. The van der Waals surface area contributed by atoms with Crippen molar-refractivity contribution < 1.29 is 4.39 Å². The molecule has 3 heteroatoms. The quantitative estimate of drug-likeness (QED) is 0.890. The Morgan fingerprint density at radius 1 is 1.40 bits per heavy atom. The topological polar surface area (TPSA) is 15.3 Å². The Morgan fingerprint density at radius 2 is 2.15 bits per heavy atom. The highest BCUT2D eigenvalue weighted by molar-refractivity contribution is 5.17. The summed E-state index contributed by atoms with van der Waals surface area (Å²) in [5.74, 6) is 0.618. The number of halogens is 1. The molecular formula is C17H27FN2. The van der Waals surface area contributed by atoms with Crippen LogP contribution in [0.5, 0.6) is 0 Å². The lowest BCUT2D eigenvalue weighted by Gasteiger charge is -2.41. The number of piperazine rings is 1. The lowest BCUT2D eigenvalue weighted by atomic mass is 9.95. The summed E-state index contributed by atoms with van der Waals surface area (Å²) in [6, 6.07) is 8.22. The fourth-order valence-corrected chi connectivity index (χ4v) is 2.89. The highest BCUT2D eigenvalue weighted by Crippen LogP contribution is 2.16. The summed E-state index contributed by atoms with van der Waals surface area (Å²) in [6.07, 6.45) is 2.00. The Bertz CT molecular complexity index is 421. The number of nitrogens with one attached hydrogen (secondary N) is 1. The Morgan fingerprint density at radius 3 is 2.85 bits per heavy atom. The lowest BCUT2D eigenvalue weighted by Crippen LogP contribution is -2.57. The molecule has 2 rings (SSSR count). The molecule has 20 heavy (non-hydrogen) atoms. The maximum absolute atomic E-state index is 13.7. The Balaban J connectivity index is 1.92. The zero-order valence-electron chi connectivity index (χ0n) is 12.9. The zero-order valence-corrected chi connectivity index (χ0v) is 12.9. The minimum Gasteiger partial charge on any atom is -0.311 e. The minimum atomic E-state index is -0.0752. The van der Waals surface area contributed by atoms with Gasteiger partial charge in [0.15, 0.2) is 0 Å². The summed E-state index contributed by atoms with van der Waals surface area (Å²) in [5, 5.41) is 3.64. The van der Waals surface area contributed by atoms with Crippen LogP contribution in [0.25, 0.3) is 0 Å². The molecule has 3 atom stereocenters. The first kappa shape index (κ1) is 15.5. The second kappa shape index (κ2) is 7.19. The molecule has 0 saturated carbocycles. The van der Waals surface area contributed by atoms with E-state index in [1.807, 2.05) is 12.1 Å². The molecule has 112 valence electrons. The van der Waals surface area contributed by atoms with Crippen molar-refractivity contribution in [1.29, 1.82) is 0 Å². The van der Waals surface area contributed by atoms with E-state index in [0.717, 1.165) is 31.6 Å². The van der Waals surface area contributed by atoms with Crippen LogP contribution in [0.3, 0.4) is 0 Å². The van der Waals surface area contributed by atoms with E-state index in [-0.39, 0.29) is 5.82 Å². The predicted octanol–water partition coefficient (Wildman–Crippen LogP) is 3.08. The van der Waals surface area contributed by atoms with Gasteiger partial charge in [-0.15, -0.1) is 0 Å². The number of rotatable bonds is 5. The molecule has 1 aromatic rings. The summed E-state index contributed by atoms with van der Waals surface area (Å²) in [4.78, 5) is 2.50. The van der Waals surface area contributed by atoms with Crippen LogP contribution in [0.4, 0.5) is 4.39 Å². The van der Waals surface area contributed by atoms with Crippen molar-refractivity contribution in [2.24, 2.45) is 5.92 Å². The standard InChI is InChI=1S/C17H27FN2/c1-4-13(2)17-12-20(14(3)11-19-17)10-9-15-7-5-6-8-16(15)18/h5-8,13-14,17,19H,4,9-12H2,1-3H3. The van der Waals surface area contributed by atoms with Crippen LogP contribution in [0, 0.1) is 11.7 Å². The van der Waals surface area contributed by atoms with Crippen molar-refractivity contribution in [1.82, 2.24) is 10.2 Å². The predicted molar refractivity (Wildman–Crippen MR) is 82.4 cm³/mol. The van der Waals surface area contributed by atoms with E-state index >= 15 is 0 Å². The second-order valence-corrected chi connectivity index (χ2v) is 6.09. The van der Waals surface area contributed by atoms with Gasteiger partial charge in [-0.3, -0.25) is 4.90 Å². The number of hydrogen-bond acceptors (Lipinski definition) is 2. The third kappa shape index (κ3) is 3.80. The maximum atomic E-state index is 13.7. The molecule has 1 N–H and O–H groups in total. The monoisotopic (exact) mass is 278 g/mol. The Kier molecular flexibility index (Phi) is 5.55. The van der Waals surface area contributed by atoms with Crippen LogP contribution < -0.4 is 5.32 Å². The van der Waals surface area contributed by atoms with E-state index in [4.69, 9.17) is 0 Å². The number of nitrogens with zero attached hydrogens (tertiary/aromatic N) is 1. The van der Waals surface area contributed by atoms with Gasteiger partial charge in [0.1, 0.15) is 5.82 Å². The highest BCUT2D eigenvalue weighted by Gasteiger charge is 2.27. The van der Waals surface area contributed by atoms with E-state index in [1.165, 1.54) is 6.42 Å². The molecule has 0 aromatic heterocycles. The molecule has 1 aliphatic rings. The molecule has 1 aromatic carbocycles. The fourth-order valence-electron chi connectivity index (χ4n) is 2.89. The molecule has 1 saturated heterocycles. The van der Waals surface area contributed by atoms with Crippen LogP contribution in [-0.4, -0.2) is 36.6 Å². The largest absolute Gasteiger partial charge is 0.311 e. The normalized spacial score (nSPS) is 25.6. The summed E-state index contributed by atoms with van der Waals surface area (Å²) in [5.41, 5.74) is 0.832. The van der Waals surface area contributed by atoms with Gasteiger partial charge in [-0.2, -0.15) is 0 Å². The van der Waals surface area contributed by atoms with E-state index in [9.17, 15) is 4.39 Å². The molecular weight excluding hydrogens is 251 g/mol. The summed E-state index contributed by atoms with van der Waals surface area (Å²) in [6.45, 7) is 9.85. The van der Waals surface area contributed by atoms with Crippen molar-refractivity contribution in [3.05, 3.63) is 35.6 Å². The van der Waals surface area contributed by atoms with Gasteiger partial charge in [0.25, 0.3) is 0 Å². The molecule has 0 spiro atoms. The Labute approximate surface area is 122 Å². The third-order valence-electron chi connectivity index (χ3n) is 4.69. The van der Waals surface area contributed by atoms with Crippen LogP contribution in [0.2, 0.25) is 0 Å². The molecule has 0 bridgehead atoms. The average Bonchev–Trinajstić information content (AvgIpc) is 2.47. The first-order valence-electron chi connectivity index (χ1n) is 7.82. The van der Waals surface area contributed by atoms with E-state index in [1.54, 1.807) is 12.1 Å². The molecule has 1 fully saturated rings. The van der Waals surface area contributed by atoms with Gasteiger partial charge in [0, 0.05) is 31.7 Å². The maximum Gasteiger partial charge on any atom is 0.126 e. The van der Waals surface area contributed by atoms with Crippen molar-refractivity contribution in [2.45, 2.75) is 45.7 Å². The van der Waals surface area contributed by atoms with Gasteiger partial charge in [0.05, 0.1) is 0 Å². The fraction of sp³-hybridized carbons (Fsp3) is 0.647. The lowest BCUT2D eigenvalue weighted by molar-refractivity contribution is 0.120. The summed E-state index contributed by atoms with van der Waals surface area (Å²) < 4.78 is 13.7. The van der Waals surface area contributed by atoms with Crippen LogP contribution in [0.15, 0.2) is 24.3 Å². The molecule has 0 amide bonds. The SMILES string of the molecule is CCC(C)C1CN(CCc2ccccc2F)C(C)CN1. The molecule has 1 aliphatic heterocycles. The second-order valence-electron chi connectivity index (χ2n) is 6.09. The van der Waals surface area contributed by atoms with Gasteiger partial charge in [-0.1, -0.05) is 38.5 Å². The van der Waals surface area contributed by atoms with Gasteiger partial charge in [-0.25, -0.2) is 4.39 Å². The number of hydrogen-bond donors (Lipinski definition) is 1. The number of benzene rings is 1. The van der Waals surface area contributed by atoms with Gasteiger partial charge < -0.3 is 5.32 Å². The van der Waals surface area contributed by atoms with Crippen LogP contribution in [0.1, 0.15) is 32.8 Å². The molecule has 0 radical (unpaired) electrons. The molecule has 3 unspecified atom stereocenters. The van der Waals surface area contributed by atoms with E-state index in [2.05, 4.69) is 31.0 Å². The van der Waals surface area contributed by atoms with Crippen LogP contribution in [-0.2, 0) is 6.42 Å². The zero-order chi connectivity index (χ0) is 14.5. The van der Waals surface area contributed by atoms with Crippen molar-refractivity contribution in [3.63, 3.8) is 0 Å². The Hall–Kier alpha value is -0.930. The van der Waals surface area contributed by atoms with Crippen molar-refractivity contribution >= 4 is 0 Å².